The number of aliphatic carboxylic acids is 1. The van der Waals surface area contributed by atoms with Gasteiger partial charge < -0.3 is 9.84 Å². The largest absolute Gasteiger partial charge is 0.482 e. The molecule has 7 heteroatoms. The molecule has 1 rings (SSSR count). The van der Waals surface area contributed by atoms with Crippen LogP contribution < -0.4 is 4.74 Å². The first-order valence-corrected chi connectivity index (χ1v) is 7.00. The van der Waals surface area contributed by atoms with Gasteiger partial charge in [-0.05, 0) is 37.4 Å². The van der Waals surface area contributed by atoms with E-state index in [0.29, 0.717) is 14.9 Å². The molecule has 0 spiro atoms. The lowest BCUT2D eigenvalue weighted by molar-refractivity contribution is -0.139. The Labute approximate surface area is 131 Å². The molecule has 1 aromatic rings. The first-order chi connectivity index (χ1) is 9.92. The maximum Gasteiger partial charge on any atom is 0.341 e. The number of ether oxygens (including phenoxy) is 1. The summed E-state index contributed by atoms with van der Waals surface area (Å²) in [4.78, 5) is 25.8. The second-order valence-corrected chi connectivity index (χ2v) is 5.94. The van der Waals surface area contributed by atoms with Gasteiger partial charge in [0.05, 0.1) is 4.91 Å². The molecule has 5 nitrogen and oxygen atoms in total. The Hall–Kier alpha value is -1.99. The fourth-order valence-corrected chi connectivity index (χ4v) is 2.25. The van der Waals surface area contributed by atoms with E-state index in [-0.39, 0.29) is 0 Å². The van der Waals surface area contributed by atoms with E-state index in [4.69, 9.17) is 22.1 Å². The molecular weight excluding hydrogens is 310 g/mol. The van der Waals surface area contributed by atoms with Gasteiger partial charge in [0.15, 0.2) is 6.61 Å². The van der Waals surface area contributed by atoms with Crippen molar-refractivity contribution in [3.05, 3.63) is 34.7 Å². The average Bonchev–Trinajstić information content (AvgIpc) is 2.44. The van der Waals surface area contributed by atoms with Crippen molar-refractivity contribution in [1.82, 2.24) is 0 Å². The maximum atomic E-state index is 11.6. The number of nitrogens with zero attached hydrogens (tertiary/aromatic N) is 1. The number of thioether (sulfide) groups is 1. The lowest BCUT2D eigenvalue weighted by Gasteiger charge is -2.04. The summed E-state index contributed by atoms with van der Waals surface area (Å²) in [6.45, 7) is 4.52. The Morgan fingerprint density at radius 3 is 2.52 bits per heavy atom. The van der Waals surface area contributed by atoms with Crippen LogP contribution in [0.25, 0.3) is 6.08 Å². The highest BCUT2D eigenvalue weighted by Crippen LogP contribution is 2.23. The van der Waals surface area contributed by atoms with Crippen LogP contribution in [0.15, 0.2) is 34.2 Å². The topological polar surface area (TPSA) is 76.0 Å². The maximum absolute atomic E-state index is 11.6. The molecule has 0 saturated heterocycles. The van der Waals surface area contributed by atoms with Gasteiger partial charge in [0.2, 0.25) is 0 Å². The number of carboxylic acid groups (broad SMARTS) is 1. The fraction of sp³-hybridized carbons (Fsp3) is 0.143. The van der Waals surface area contributed by atoms with Gasteiger partial charge >= 0.3 is 5.97 Å². The van der Waals surface area contributed by atoms with Gasteiger partial charge in [-0.25, -0.2) is 9.79 Å². The van der Waals surface area contributed by atoms with Crippen molar-refractivity contribution in [3.63, 3.8) is 0 Å². The first-order valence-electron chi connectivity index (χ1n) is 5.78. The number of carbonyl (C=O) groups is 2. The number of hydrogen-bond donors (Lipinski definition) is 1. The lowest BCUT2D eigenvalue weighted by Crippen LogP contribution is -2.09. The second-order valence-electron chi connectivity index (χ2n) is 3.82. The smallest absolute Gasteiger partial charge is 0.341 e. The number of benzene rings is 1. The number of thiocarbonyl (C=S) groups is 1. The third-order valence-electron chi connectivity index (χ3n) is 2.15. The minimum absolute atomic E-state index is 0.372. The number of hydrogen-bond acceptors (Lipinski definition) is 5. The zero-order valence-corrected chi connectivity index (χ0v) is 12.9. The molecule has 110 valence electrons. The first kappa shape index (κ1) is 17.1. The summed E-state index contributed by atoms with van der Waals surface area (Å²) >= 11 is 6.11. The molecule has 0 fully saturated rings. The molecule has 0 unspecified atom stereocenters. The van der Waals surface area contributed by atoms with Crippen LogP contribution in [0.4, 0.5) is 0 Å². The van der Waals surface area contributed by atoms with E-state index < -0.39 is 18.5 Å². The van der Waals surface area contributed by atoms with Crippen LogP contribution in [0.3, 0.4) is 0 Å². The van der Waals surface area contributed by atoms with Gasteiger partial charge in [-0.3, -0.25) is 4.79 Å². The summed E-state index contributed by atoms with van der Waals surface area (Å²) in [6, 6.07) is 6.64. The van der Waals surface area contributed by atoms with Gasteiger partial charge in [0, 0.05) is 4.20 Å². The molecular formula is C14H13NO4S2. The number of carboxylic acids is 1. The molecule has 1 N–H and O–H groups in total. The van der Waals surface area contributed by atoms with Crippen molar-refractivity contribution < 1.29 is 19.4 Å². The molecule has 0 radical (unpaired) electrons. The third kappa shape index (κ3) is 6.33. The molecule has 21 heavy (non-hydrogen) atoms. The van der Waals surface area contributed by atoms with Crippen molar-refractivity contribution in [2.75, 3.05) is 6.61 Å². The minimum Gasteiger partial charge on any atom is -0.482 e. The van der Waals surface area contributed by atoms with Gasteiger partial charge in [0.25, 0.3) is 5.91 Å². The molecule has 0 bridgehead atoms. The summed E-state index contributed by atoms with van der Waals surface area (Å²) < 4.78 is 5.62. The standard InChI is InChI=1S/C14H13NO4S2/c1-9(20)21-12(14(18)15-2)7-10-3-5-11(6-4-10)19-8-13(16)17/h3-7H,2,8H2,1H3,(H,16,17)/b12-7-. The van der Waals surface area contributed by atoms with Crippen molar-refractivity contribution in [2.24, 2.45) is 4.99 Å². The Morgan fingerprint density at radius 2 is 2.05 bits per heavy atom. The number of aliphatic imine (C=N–C) groups is 1. The van der Waals surface area contributed by atoms with E-state index in [2.05, 4.69) is 11.7 Å². The van der Waals surface area contributed by atoms with Crippen LogP contribution in [0.1, 0.15) is 12.5 Å². The summed E-state index contributed by atoms with van der Waals surface area (Å²) in [7, 11) is 0. The molecule has 1 amide bonds. The predicted molar refractivity (Wildman–Crippen MR) is 88.0 cm³/mol. The van der Waals surface area contributed by atoms with E-state index in [0.717, 1.165) is 17.3 Å². The van der Waals surface area contributed by atoms with E-state index in [1.807, 2.05) is 0 Å². The fourth-order valence-electron chi connectivity index (χ4n) is 1.32. The van der Waals surface area contributed by atoms with Gasteiger partial charge in [-0.1, -0.05) is 36.1 Å². The van der Waals surface area contributed by atoms with Crippen LogP contribution >= 0.6 is 24.0 Å². The van der Waals surface area contributed by atoms with Crippen LogP contribution in [0.5, 0.6) is 5.75 Å². The van der Waals surface area contributed by atoms with Crippen molar-refractivity contribution in [2.45, 2.75) is 6.92 Å². The normalized spacial score (nSPS) is 10.8. The van der Waals surface area contributed by atoms with Crippen LogP contribution in [0, 0.1) is 0 Å². The average molecular weight is 323 g/mol. The summed E-state index contributed by atoms with van der Waals surface area (Å²) in [5, 5.41) is 8.52. The Bertz CT molecular complexity index is 593. The molecule has 0 aromatic heterocycles. The highest BCUT2D eigenvalue weighted by Gasteiger charge is 2.09. The monoisotopic (exact) mass is 323 g/mol. The van der Waals surface area contributed by atoms with E-state index in [9.17, 15) is 9.59 Å². The van der Waals surface area contributed by atoms with Crippen molar-refractivity contribution in [1.29, 1.82) is 0 Å². The van der Waals surface area contributed by atoms with Crippen LogP contribution in [0.2, 0.25) is 0 Å². The highest BCUT2D eigenvalue weighted by atomic mass is 32.2. The Morgan fingerprint density at radius 1 is 1.43 bits per heavy atom. The molecule has 0 aliphatic heterocycles. The van der Waals surface area contributed by atoms with E-state index in [1.54, 1.807) is 37.3 Å². The molecule has 0 aliphatic carbocycles. The zero-order chi connectivity index (χ0) is 15.8. The van der Waals surface area contributed by atoms with Crippen LogP contribution in [-0.4, -0.2) is 34.5 Å². The molecule has 0 aliphatic rings. The zero-order valence-electron chi connectivity index (χ0n) is 11.2. The van der Waals surface area contributed by atoms with Gasteiger partial charge in [0.1, 0.15) is 5.75 Å². The van der Waals surface area contributed by atoms with Crippen LogP contribution in [-0.2, 0) is 9.59 Å². The number of rotatable bonds is 6. The van der Waals surface area contributed by atoms with E-state index >= 15 is 0 Å². The number of carbonyl (C=O) groups excluding carboxylic acids is 1. The van der Waals surface area contributed by atoms with Crippen molar-refractivity contribution in [3.8, 4) is 5.75 Å². The van der Waals surface area contributed by atoms with Crippen molar-refractivity contribution >= 4 is 52.8 Å². The van der Waals surface area contributed by atoms with Gasteiger partial charge in [-0.2, -0.15) is 0 Å². The molecule has 1 aromatic carbocycles. The SMILES string of the molecule is C=NC(=O)/C(=C/c1ccc(OCC(=O)O)cc1)SC(C)=S. The summed E-state index contributed by atoms with van der Waals surface area (Å²) in [6.07, 6.45) is 1.64. The third-order valence-corrected chi connectivity index (χ3v) is 3.20. The summed E-state index contributed by atoms with van der Waals surface area (Å²) in [5.74, 6) is -1.06. The molecule has 0 saturated carbocycles. The minimum atomic E-state index is -1.04. The Kier molecular flexibility index (Phi) is 6.77. The van der Waals surface area contributed by atoms with E-state index in [1.165, 1.54) is 0 Å². The second kappa shape index (κ2) is 8.33. The Balaban J connectivity index is 2.89. The molecule has 0 heterocycles. The highest BCUT2D eigenvalue weighted by molar-refractivity contribution is 8.26. The lowest BCUT2D eigenvalue weighted by atomic mass is 10.2. The van der Waals surface area contributed by atoms with Gasteiger partial charge in [-0.15, -0.1) is 0 Å². The molecule has 0 atom stereocenters. The number of amides is 1. The quantitative estimate of drug-likeness (QED) is 0.493. The predicted octanol–water partition coefficient (Wildman–Crippen LogP) is 2.80. The summed E-state index contributed by atoms with van der Waals surface area (Å²) in [5.41, 5.74) is 0.744.